The van der Waals surface area contributed by atoms with Crippen LogP contribution < -0.4 is 10.6 Å². The van der Waals surface area contributed by atoms with Crippen molar-refractivity contribution in [3.05, 3.63) is 42.5 Å². The monoisotopic (exact) mass is 244 g/mol. The van der Waals surface area contributed by atoms with E-state index in [2.05, 4.69) is 17.2 Å². The molecule has 3 heteroatoms. The summed E-state index contributed by atoms with van der Waals surface area (Å²) in [7, 11) is 0. The molecule has 0 aliphatic carbocycles. The molecule has 18 heavy (non-hydrogen) atoms. The van der Waals surface area contributed by atoms with Crippen molar-refractivity contribution in [2.75, 3.05) is 11.9 Å². The molecular formula is C15H20N2O. The molecule has 0 saturated heterocycles. The number of rotatable bonds is 4. The third-order valence-corrected chi connectivity index (χ3v) is 3.31. The minimum Gasteiger partial charge on any atom is -0.385 e. The van der Waals surface area contributed by atoms with Gasteiger partial charge >= 0.3 is 0 Å². The highest BCUT2D eigenvalue weighted by Crippen LogP contribution is 2.31. The number of carbonyl (C=O) groups excluding carboxylic acids is 1. The number of amides is 1. The first-order chi connectivity index (χ1) is 8.72. The standard InChI is InChI=1S/C15H20N2O/c1-3-6-11(2)17-15(18)13-9-10-16-14-8-5-4-7-12(13)14/h3-5,7-8,11,13,16H,1,6,9-10H2,2H3,(H,17,18). The van der Waals surface area contributed by atoms with Crippen LogP contribution in [0.15, 0.2) is 36.9 Å². The second-order valence-corrected chi connectivity index (χ2v) is 4.79. The maximum atomic E-state index is 12.3. The Morgan fingerprint density at radius 1 is 1.61 bits per heavy atom. The van der Waals surface area contributed by atoms with Gasteiger partial charge in [-0.15, -0.1) is 6.58 Å². The number of hydrogen-bond acceptors (Lipinski definition) is 2. The Bertz CT molecular complexity index is 442. The summed E-state index contributed by atoms with van der Waals surface area (Å²) in [5, 5.41) is 6.38. The van der Waals surface area contributed by atoms with Crippen molar-refractivity contribution in [3.8, 4) is 0 Å². The lowest BCUT2D eigenvalue weighted by Crippen LogP contribution is -2.38. The number of fused-ring (bicyclic) bond motifs is 1. The molecule has 1 aromatic rings. The maximum Gasteiger partial charge on any atom is 0.227 e. The smallest absolute Gasteiger partial charge is 0.227 e. The van der Waals surface area contributed by atoms with Crippen molar-refractivity contribution in [1.29, 1.82) is 0 Å². The van der Waals surface area contributed by atoms with Crippen molar-refractivity contribution in [3.63, 3.8) is 0 Å². The number of hydrogen-bond donors (Lipinski definition) is 2. The minimum atomic E-state index is -0.0327. The van der Waals surface area contributed by atoms with E-state index in [1.54, 1.807) is 0 Å². The fourth-order valence-electron chi connectivity index (χ4n) is 2.39. The molecule has 1 amide bonds. The molecule has 2 N–H and O–H groups in total. The molecular weight excluding hydrogens is 224 g/mol. The van der Waals surface area contributed by atoms with E-state index in [0.717, 1.165) is 30.6 Å². The molecule has 1 aliphatic rings. The predicted octanol–water partition coefficient (Wildman–Crippen LogP) is 2.67. The molecule has 3 nitrogen and oxygen atoms in total. The summed E-state index contributed by atoms with van der Waals surface area (Å²) in [6.07, 6.45) is 3.49. The van der Waals surface area contributed by atoms with E-state index in [0.29, 0.717) is 0 Å². The van der Waals surface area contributed by atoms with Gasteiger partial charge in [-0.05, 0) is 31.4 Å². The lowest BCUT2D eigenvalue weighted by Gasteiger charge is -2.27. The molecule has 0 spiro atoms. The molecule has 0 fully saturated rings. The maximum absolute atomic E-state index is 12.3. The van der Waals surface area contributed by atoms with Gasteiger partial charge in [-0.1, -0.05) is 24.3 Å². The first-order valence-corrected chi connectivity index (χ1v) is 6.46. The summed E-state index contributed by atoms with van der Waals surface area (Å²) in [5.74, 6) is 0.0908. The lowest BCUT2D eigenvalue weighted by molar-refractivity contribution is -0.123. The molecule has 2 unspecified atom stereocenters. The molecule has 2 rings (SSSR count). The number of para-hydroxylation sites is 1. The zero-order valence-electron chi connectivity index (χ0n) is 10.8. The Kier molecular flexibility index (Phi) is 4.03. The van der Waals surface area contributed by atoms with Gasteiger partial charge in [-0.2, -0.15) is 0 Å². The number of nitrogens with one attached hydrogen (secondary N) is 2. The molecule has 2 atom stereocenters. The van der Waals surface area contributed by atoms with Gasteiger partial charge in [0, 0.05) is 18.3 Å². The van der Waals surface area contributed by atoms with Gasteiger partial charge < -0.3 is 10.6 Å². The highest BCUT2D eigenvalue weighted by Gasteiger charge is 2.26. The summed E-state index contributed by atoms with van der Waals surface area (Å²) in [4.78, 5) is 12.3. The Hall–Kier alpha value is -1.77. The van der Waals surface area contributed by atoms with Crippen LogP contribution in [0.3, 0.4) is 0 Å². The van der Waals surface area contributed by atoms with Crippen LogP contribution in [0.5, 0.6) is 0 Å². The van der Waals surface area contributed by atoms with E-state index in [-0.39, 0.29) is 17.9 Å². The van der Waals surface area contributed by atoms with Gasteiger partial charge in [-0.3, -0.25) is 4.79 Å². The zero-order valence-corrected chi connectivity index (χ0v) is 10.8. The van der Waals surface area contributed by atoms with Gasteiger partial charge in [0.2, 0.25) is 5.91 Å². The zero-order chi connectivity index (χ0) is 13.0. The first kappa shape index (κ1) is 12.7. The first-order valence-electron chi connectivity index (χ1n) is 6.46. The highest BCUT2D eigenvalue weighted by atomic mass is 16.1. The van der Waals surface area contributed by atoms with Gasteiger partial charge in [0.15, 0.2) is 0 Å². The van der Waals surface area contributed by atoms with Crippen LogP contribution in [0.25, 0.3) is 0 Å². The van der Waals surface area contributed by atoms with Crippen LogP contribution in [0.2, 0.25) is 0 Å². The van der Waals surface area contributed by atoms with Crippen molar-refractivity contribution >= 4 is 11.6 Å². The summed E-state index contributed by atoms with van der Waals surface area (Å²) in [5.41, 5.74) is 2.19. The van der Waals surface area contributed by atoms with Crippen molar-refractivity contribution in [2.45, 2.75) is 31.7 Å². The minimum absolute atomic E-state index is 0.0327. The van der Waals surface area contributed by atoms with Crippen LogP contribution in [-0.4, -0.2) is 18.5 Å². The fraction of sp³-hybridized carbons (Fsp3) is 0.400. The normalized spacial score (nSPS) is 19.3. The molecule has 1 aliphatic heterocycles. The van der Waals surface area contributed by atoms with E-state index < -0.39 is 0 Å². The number of carbonyl (C=O) groups is 1. The Labute approximate surface area is 108 Å². The van der Waals surface area contributed by atoms with E-state index in [9.17, 15) is 4.79 Å². The van der Waals surface area contributed by atoms with Crippen LogP contribution in [0.1, 0.15) is 31.2 Å². The second-order valence-electron chi connectivity index (χ2n) is 4.79. The summed E-state index contributed by atoms with van der Waals surface area (Å²) in [6, 6.07) is 8.19. The van der Waals surface area contributed by atoms with Crippen molar-refractivity contribution < 1.29 is 4.79 Å². The highest BCUT2D eigenvalue weighted by molar-refractivity contribution is 5.86. The molecule has 0 bridgehead atoms. The van der Waals surface area contributed by atoms with E-state index in [1.807, 2.05) is 37.3 Å². The van der Waals surface area contributed by atoms with Crippen molar-refractivity contribution in [2.24, 2.45) is 0 Å². The summed E-state index contributed by atoms with van der Waals surface area (Å²) in [6.45, 7) is 6.55. The van der Waals surface area contributed by atoms with Gasteiger partial charge in [-0.25, -0.2) is 0 Å². The summed E-state index contributed by atoms with van der Waals surface area (Å²) >= 11 is 0. The topological polar surface area (TPSA) is 41.1 Å². The summed E-state index contributed by atoms with van der Waals surface area (Å²) < 4.78 is 0. The van der Waals surface area contributed by atoms with Crippen LogP contribution in [0.4, 0.5) is 5.69 Å². The SMILES string of the molecule is C=CCC(C)NC(=O)C1CCNc2ccccc21. The predicted molar refractivity (Wildman–Crippen MR) is 74.7 cm³/mol. The number of anilines is 1. The van der Waals surface area contributed by atoms with Crippen LogP contribution in [-0.2, 0) is 4.79 Å². The molecule has 1 heterocycles. The van der Waals surface area contributed by atoms with E-state index >= 15 is 0 Å². The second kappa shape index (κ2) is 5.71. The Morgan fingerprint density at radius 2 is 2.39 bits per heavy atom. The van der Waals surface area contributed by atoms with Crippen LogP contribution in [0, 0.1) is 0 Å². The van der Waals surface area contributed by atoms with Gasteiger partial charge in [0.05, 0.1) is 5.92 Å². The lowest BCUT2D eigenvalue weighted by atomic mass is 9.90. The Morgan fingerprint density at radius 3 is 3.17 bits per heavy atom. The molecule has 96 valence electrons. The third-order valence-electron chi connectivity index (χ3n) is 3.31. The average Bonchev–Trinajstić information content (AvgIpc) is 2.38. The van der Waals surface area contributed by atoms with E-state index in [1.165, 1.54) is 0 Å². The quantitative estimate of drug-likeness (QED) is 0.799. The van der Waals surface area contributed by atoms with Crippen molar-refractivity contribution in [1.82, 2.24) is 5.32 Å². The van der Waals surface area contributed by atoms with Gasteiger partial charge in [0.25, 0.3) is 0 Å². The largest absolute Gasteiger partial charge is 0.385 e. The molecule has 0 radical (unpaired) electrons. The third kappa shape index (κ3) is 2.73. The fourth-order valence-corrected chi connectivity index (χ4v) is 2.39. The van der Waals surface area contributed by atoms with Crippen LogP contribution >= 0.6 is 0 Å². The molecule has 0 saturated carbocycles. The average molecular weight is 244 g/mol. The van der Waals surface area contributed by atoms with Gasteiger partial charge in [0.1, 0.15) is 0 Å². The Balaban J connectivity index is 2.10. The molecule has 0 aromatic heterocycles. The molecule has 1 aromatic carbocycles. The van der Waals surface area contributed by atoms with E-state index in [4.69, 9.17) is 0 Å². The number of benzene rings is 1.